The molecule has 1 rings (SSSR count). The van der Waals surface area contributed by atoms with Crippen LogP contribution in [0.15, 0.2) is 6.20 Å². The van der Waals surface area contributed by atoms with E-state index in [4.69, 9.17) is 0 Å². The van der Waals surface area contributed by atoms with Crippen molar-refractivity contribution in [3.05, 3.63) is 17.5 Å². The molecule has 0 saturated carbocycles. The van der Waals surface area contributed by atoms with Crippen LogP contribution in [-0.4, -0.2) is 16.1 Å². The standard InChI is InChI=1S/C8H13N3O/c1-3-8(12)9-4-7-5-10-11-6(7)2/h5H,3-4H2,1-2H3,(H,9,12)(H,10,11). The summed E-state index contributed by atoms with van der Waals surface area (Å²) in [7, 11) is 0. The average Bonchev–Trinajstić information content (AvgIpc) is 2.47. The number of amides is 1. The van der Waals surface area contributed by atoms with Gasteiger partial charge in [-0.25, -0.2) is 0 Å². The Morgan fingerprint density at radius 1 is 1.75 bits per heavy atom. The van der Waals surface area contributed by atoms with Crippen molar-refractivity contribution in [1.29, 1.82) is 0 Å². The third-order valence-electron chi connectivity index (χ3n) is 1.73. The molecule has 1 heterocycles. The summed E-state index contributed by atoms with van der Waals surface area (Å²) in [5.41, 5.74) is 2.04. The first kappa shape index (κ1) is 8.77. The lowest BCUT2D eigenvalue weighted by Gasteiger charge is -2.00. The lowest BCUT2D eigenvalue weighted by atomic mass is 10.2. The second kappa shape index (κ2) is 3.90. The Kier molecular flexibility index (Phi) is 2.85. The van der Waals surface area contributed by atoms with Gasteiger partial charge in [0.1, 0.15) is 0 Å². The van der Waals surface area contributed by atoms with E-state index in [2.05, 4.69) is 15.5 Å². The normalized spacial score (nSPS) is 9.83. The fourth-order valence-corrected chi connectivity index (χ4v) is 0.873. The molecule has 0 aromatic carbocycles. The van der Waals surface area contributed by atoms with Crippen LogP contribution in [0.25, 0.3) is 0 Å². The molecule has 0 aliphatic rings. The number of hydrogen-bond acceptors (Lipinski definition) is 2. The number of rotatable bonds is 3. The molecule has 4 nitrogen and oxygen atoms in total. The molecule has 0 bridgehead atoms. The summed E-state index contributed by atoms with van der Waals surface area (Å²) in [4.78, 5) is 10.9. The van der Waals surface area contributed by atoms with E-state index in [1.54, 1.807) is 6.20 Å². The van der Waals surface area contributed by atoms with E-state index in [0.717, 1.165) is 11.3 Å². The predicted octanol–water partition coefficient (Wildman–Crippen LogP) is 0.744. The van der Waals surface area contributed by atoms with Crippen LogP contribution in [0, 0.1) is 6.92 Å². The van der Waals surface area contributed by atoms with Crippen LogP contribution in [0.4, 0.5) is 0 Å². The molecule has 4 heteroatoms. The van der Waals surface area contributed by atoms with Crippen LogP contribution in [0.3, 0.4) is 0 Å². The van der Waals surface area contributed by atoms with Crippen molar-refractivity contribution >= 4 is 5.91 Å². The van der Waals surface area contributed by atoms with Crippen LogP contribution >= 0.6 is 0 Å². The van der Waals surface area contributed by atoms with Gasteiger partial charge >= 0.3 is 0 Å². The van der Waals surface area contributed by atoms with E-state index in [1.165, 1.54) is 0 Å². The molecule has 1 amide bonds. The Hall–Kier alpha value is -1.32. The molecule has 66 valence electrons. The molecule has 0 aliphatic heterocycles. The third kappa shape index (κ3) is 2.08. The topological polar surface area (TPSA) is 57.8 Å². The van der Waals surface area contributed by atoms with Crippen LogP contribution < -0.4 is 5.32 Å². The second-order valence-electron chi connectivity index (χ2n) is 2.65. The SMILES string of the molecule is CCC(=O)NCc1cn[nH]c1C. The van der Waals surface area contributed by atoms with Crippen molar-refractivity contribution in [3.8, 4) is 0 Å². The molecule has 1 aromatic heterocycles. The van der Waals surface area contributed by atoms with E-state index in [0.29, 0.717) is 13.0 Å². The number of aryl methyl sites for hydroxylation is 1. The molecule has 0 atom stereocenters. The number of carbonyl (C=O) groups is 1. The summed E-state index contributed by atoms with van der Waals surface area (Å²) < 4.78 is 0. The summed E-state index contributed by atoms with van der Waals surface area (Å²) in [6.45, 7) is 4.33. The highest BCUT2D eigenvalue weighted by atomic mass is 16.1. The largest absolute Gasteiger partial charge is 0.352 e. The van der Waals surface area contributed by atoms with Crippen molar-refractivity contribution in [2.24, 2.45) is 0 Å². The summed E-state index contributed by atoms with van der Waals surface area (Å²) >= 11 is 0. The molecule has 0 saturated heterocycles. The average molecular weight is 167 g/mol. The maximum absolute atomic E-state index is 10.9. The van der Waals surface area contributed by atoms with Gasteiger partial charge < -0.3 is 5.32 Å². The number of H-pyrrole nitrogens is 1. The van der Waals surface area contributed by atoms with Crippen LogP contribution in [-0.2, 0) is 11.3 Å². The molecule has 2 N–H and O–H groups in total. The van der Waals surface area contributed by atoms with Gasteiger partial charge in [-0.3, -0.25) is 9.89 Å². The zero-order valence-corrected chi connectivity index (χ0v) is 7.35. The van der Waals surface area contributed by atoms with E-state index < -0.39 is 0 Å². The maximum atomic E-state index is 10.9. The number of hydrogen-bond donors (Lipinski definition) is 2. The third-order valence-corrected chi connectivity index (χ3v) is 1.73. The first-order valence-electron chi connectivity index (χ1n) is 3.99. The summed E-state index contributed by atoms with van der Waals surface area (Å²) in [5, 5.41) is 9.43. The van der Waals surface area contributed by atoms with Crippen molar-refractivity contribution < 1.29 is 4.79 Å². The Morgan fingerprint density at radius 3 is 3.00 bits per heavy atom. The molecule has 1 aromatic rings. The van der Waals surface area contributed by atoms with Gasteiger partial charge in [0, 0.05) is 24.2 Å². The molecule has 0 spiro atoms. The predicted molar refractivity (Wildman–Crippen MR) is 45.5 cm³/mol. The van der Waals surface area contributed by atoms with Crippen LogP contribution in [0.1, 0.15) is 24.6 Å². The highest BCUT2D eigenvalue weighted by Crippen LogP contribution is 2.00. The highest BCUT2D eigenvalue weighted by Gasteiger charge is 2.01. The molecule has 12 heavy (non-hydrogen) atoms. The Morgan fingerprint density at radius 2 is 2.50 bits per heavy atom. The molecular formula is C8H13N3O. The molecule has 0 unspecified atom stereocenters. The fraction of sp³-hybridized carbons (Fsp3) is 0.500. The van der Waals surface area contributed by atoms with Crippen molar-refractivity contribution in [2.45, 2.75) is 26.8 Å². The van der Waals surface area contributed by atoms with Crippen molar-refractivity contribution in [1.82, 2.24) is 15.5 Å². The zero-order chi connectivity index (χ0) is 8.97. The minimum atomic E-state index is 0.0654. The quantitative estimate of drug-likeness (QED) is 0.697. The Balaban J connectivity index is 2.43. The minimum Gasteiger partial charge on any atom is -0.352 e. The van der Waals surface area contributed by atoms with Crippen LogP contribution in [0.5, 0.6) is 0 Å². The Bertz CT molecular complexity index is 267. The maximum Gasteiger partial charge on any atom is 0.219 e. The van der Waals surface area contributed by atoms with Gasteiger partial charge in [-0.05, 0) is 6.92 Å². The first-order chi connectivity index (χ1) is 5.74. The van der Waals surface area contributed by atoms with E-state index in [9.17, 15) is 4.79 Å². The van der Waals surface area contributed by atoms with Gasteiger partial charge in [-0.1, -0.05) is 6.92 Å². The smallest absolute Gasteiger partial charge is 0.219 e. The van der Waals surface area contributed by atoms with E-state index >= 15 is 0 Å². The second-order valence-corrected chi connectivity index (χ2v) is 2.65. The van der Waals surface area contributed by atoms with Gasteiger partial charge in [0.25, 0.3) is 0 Å². The van der Waals surface area contributed by atoms with Crippen molar-refractivity contribution in [3.63, 3.8) is 0 Å². The number of carbonyl (C=O) groups excluding carboxylic acids is 1. The minimum absolute atomic E-state index is 0.0654. The van der Waals surface area contributed by atoms with Crippen LogP contribution in [0.2, 0.25) is 0 Å². The number of nitrogens with zero attached hydrogens (tertiary/aromatic N) is 1. The van der Waals surface area contributed by atoms with Gasteiger partial charge in [-0.15, -0.1) is 0 Å². The van der Waals surface area contributed by atoms with Crippen molar-refractivity contribution in [2.75, 3.05) is 0 Å². The summed E-state index contributed by atoms with van der Waals surface area (Å²) in [5.74, 6) is 0.0654. The van der Waals surface area contributed by atoms with E-state index in [1.807, 2.05) is 13.8 Å². The monoisotopic (exact) mass is 167 g/mol. The molecule has 0 radical (unpaired) electrons. The van der Waals surface area contributed by atoms with Gasteiger partial charge in [0.2, 0.25) is 5.91 Å². The van der Waals surface area contributed by atoms with Gasteiger partial charge in [0.15, 0.2) is 0 Å². The zero-order valence-electron chi connectivity index (χ0n) is 7.35. The highest BCUT2D eigenvalue weighted by molar-refractivity contribution is 5.75. The molecule has 0 fully saturated rings. The first-order valence-corrected chi connectivity index (χ1v) is 3.99. The number of aromatic amines is 1. The summed E-state index contributed by atoms with van der Waals surface area (Å²) in [6.07, 6.45) is 2.25. The number of nitrogens with one attached hydrogen (secondary N) is 2. The van der Waals surface area contributed by atoms with Gasteiger partial charge in [-0.2, -0.15) is 5.10 Å². The lowest BCUT2D eigenvalue weighted by molar-refractivity contribution is -0.120. The Labute approximate surface area is 71.4 Å². The molecule has 0 aliphatic carbocycles. The van der Waals surface area contributed by atoms with Gasteiger partial charge in [0.05, 0.1) is 6.20 Å². The summed E-state index contributed by atoms with van der Waals surface area (Å²) in [6, 6.07) is 0. The molecular weight excluding hydrogens is 154 g/mol. The fourth-order valence-electron chi connectivity index (χ4n) is 0.873. The lowest BCUT2D eigenvalue weighted by Crippen LogP contribution is -2.21. The number of aromatic nitrogens is 2. The van der Waals surface area contributed by atoms with E-state index in [-0.39, 0.29) is 5.91 Å².